The molecule has 2 fully saturated rings. The Balaban J connectivity index is 2.12. The van der Waals surface area contributed by atoms with Gasteiger partial charge < -0.3 is 19.1 Å². The Kier molecular flexibility index (Phi) is 9.38. The first-order valence-corrected chi connectivity index (χ1v) is 11.0. The highest BCUT2D eigenvalue weighted by Crippen LogP contribution is 2.26. The summed E-state index contributed by atoms with van der Waals surface area (Å²) < 4.78 is 17.5. The maximum absolute atomic E-state index is 12.6. The molecule has 154 valence electrons. The van der Waals surface area contributed by atoms with Crippen molar-refractivity contribution in [3.8, 4) is 23.7 Å². The van der Waals surface area contributed by atoms with E-state index in [1.165, 1.54) is 0 Å². The fraction of sp³-hybridized carbons (Fsp3) is 0.682. The lowest BCUT2D eigenvalue weighted by atomic mass is 10.1. The van der Waals surface area contributed by atoms with Crippen LogP contribution in [0, 0.1) is 23.7 Å². The Hall–Kier alpha value is -1.47. The first-order valence-electron chi connectivity index (χ1n) is 9.88. The van der Waals surface area contributed by atoms with Gasteiger partial charge in [0, 0.05) is 13.2 Å². The summed E-state index contributed by atoms with van der Waals surface area (Å²) in [6.45, 7) is 6.97. The number of halogens is 1. The van der Waals surface area contributed by atoms with E-state index in [4.69, 9.17) is 14.2 Å². The average Bonchev–Trinajstić information content (AvgIpc) is 3.13. The zero-order chi connectivity index (χ0) is 20.4. The molecule has 2 rings (SSSR count). The normalized spacial score (nSPS) is 23.5. The van der Waals surface area contributed by atoms with Crippen molar-refractivity contribution in [2.45, 2.75) is 76.9 Å². The quantitative estimate of drug-likeness (QED) is 0.475. The molecule has 2 aliphatic rings. The lowest BCUT2D eigenvalue weighted by Crippen LogP contribution is -2.47. The molecule has 3 atom stereocenters. The van der Waals surface area contributed by atoms with Crippen molar-refractivity contribution in [1.82, 2.24) is 4.90 Å². The molecule has 6 heteroatoms. The van der Waals surface area contributed by atoms with E-state index in [1.807, 2.05) is 20.8 Å². The summed E-state index contributed by atoms with van der Waals surface area (Å²) in [4.78, 5) is 14.4. The van der Waals surface area contributed by atoms with Gasteiger partial charge in [-0.1, -0.05) is 39.6 Å². The van der Waals surface area contributed by atoms with E-state index in [1.54, 1.807) is 17.1 Å². The van der Waals surface area contributed by atoms with Crippen LogP contribution in [0.3, 0.4) is 0 Å². The van der Waals surface area contributed by atoms with Gasteiger partial charge in [-0.05, 0) is 65.0 Å². The second-order valence-electron chi connectivity index (χ2n) is 7.81. The summed E-state index contributed by atoms with van der Waals surface area (Å²) >= 11 is 3.26. The molecule has 0 N–H and O–H groups in total. The Labute approximate surface area is 177 Å². The van der Waals surface area contributed by atoms with Crippen LogP contribution in [0.2, 0.25) is 0 Å². The van der Waals surface area contributed by atoms with Crippen LogP contribution in [0.1, 0.15) is 52.9 Å². The van der Waals surface area contributed by atoms with Crippen molar-refractivity contribution in [1.29, 1.82) is 0 Å². The molecule has 0 aromatic heterocycles. The van der Waals surface area contributed by atoms with Crippen molar-refractivity contribution in [3.05, 3.63) is 12.2 Å². The highest BCUT2D eigenvalue weighted by Gasteiger charge is 2.38. The molecular formula is C22H30BrNO4. The predicted octanol–water partition coefficient (Wildman–Crippen LogP) is 4.26. The van der Waals surface area contributed by atoms with Crippen LogP contribution in [-0.2, 0) is 14.2 Å². The van der Waals surface area contributed by atoms with Crippen LogP contribution < -0.4 is 0 Å². The average molecular weight is 452 g/mol. The van der Waals surface area contributed by atoms with E-state index in [0.717, 1.165) is 32.1 Å². The van der Waals surface area contributed by atoms with Crippen LogP contribution >= 0.6 is 15.9 Å². The van der Waals surface area contributed by atoms with Crippen molar-refractivity contribution in [2.24, 2.45) is 0 Å². The zero-order valence-corrected chi connectivity index (χ0v) is 18.6. The minimum atomic E-state index is -0.532. The van der Waals surface area contributed by atoms with E-state index in [-0.39, 0.29) is 18.4 Å². The Bertz CT molecular complexity index is 656. The summed E-state index contributed by atoms with van der Waals surface area (Å²) in [5.74, 6) is 12.0. The number of allylic oxidation sites excluding steroid dienone is 2. The summed E-state index contributed by atoms with van der Waals surface area (Å²) in [6, 6.07) is -0.144. The van der Waals surface area contributed by atoms with Gasteiger partial charge in [-0.25, -0.2) is 4.79 Å². The number of likely N-dealkylation sites (tertiary alicyclic amines) is 1. The van der Waals surface area contributed by atoms with Crippen LogP contribution in [0.15, 0.2) is 12.2 Å². The number of alkyl halides is 1. The maximum Gasteiger partial charge on any atom is 0.410 e. The van der Waals surface area contributed by atoms with Crippen LogP contribution in [0.4, 0.5) is 4.79 Å². The summed E-state index contributed by atoms with van der Waals surface area (Å²) in [5.41, 5.74) is -0.532. The number of nitrogens with zero attached hydrogens (tertiary/aromatic N) is 1. The molecule has 0 saturated carbocycles. The molecule has 2 unspecified atom stereocenters. The third-order valence-corrected chi connectivity index (χ3v) is 4.64. The van der Waals surface area contributed by atoms with Crippen LogP contribution in [0.5, 0.6) is 0 Å². The number of amides is 1. The standard InChI is InChI=1S/C22H30BrNO4/c1-22(2,3)28-21(25)24-16-11-12-18(24)19(13-7-5-4-6-9-15-23)27-20-14-8-10-17-26-20/h4-5,18-20H,8,10-12,14-17H2,1-3H3/b5-4-/t18-,19?,20?/m0/s1. The van der Waals surface area contributed by atoms with E-state index < -0.39 is 11.7 Å². The first-order chi connectivity index (χ1) is 13.4. The highest BCUT2D eigenvalue weighted by molar-refractivity contribution is 9.09. The second kappa shape index (κ2) is 11.5. The van der Waals surface area contributed by atoms with Gasteiger partial charge in [0.1, 0.15) is 11.7 Å². The summed E-state index contributed by atoms with van der Waals surface area (Å²) in [6.07, 6.45) is 7.13. The molecule has 0 aromatic rings. The Morgan fingerprint density at radius 1 is 1.25 bits per heavy atom. The van der Waals surface area contributed by atoms with Crippen molar-refractivity contribution >= 4 is 22.0 Å². The number of rotatable bonds is 3. The molecule has 2 aliphatic heterocycles. The topological polar surface area (TPSA) is 48.0 Å². The number of hydrogen-bond donors (Lipinski definition) is 0. The lowest BCUT2D eigenvalue weighted by molar-refractivity contribution is -0.185. The predicted molar refractivity (Wildman–Crippen MR) is 113 cm³/mol. The third-order valence-electron chi connectivity index (χ3n) is 4.36. The van der Waals surface area contributed by atoms with Gasteiger partial charge in [0.05, 0.1) is 11.4 Å². The van der Waals surface area contributed by atoms with Gasteiger partial charge >= 0.3 is 6.09 Å². The second-order valence-corrected chi connectivity index (χ2v) is 8.37. The Morgan fingerprint density at radius 3 is 2.71 bits per heavy atom. The van der Waals surface area contributed by atoms with Crippen molar-refractivity contribution in [3.63, 3.8) is 0 Å². The molecule has 0 aliphatic carbocycles. The molecule has 2 saturated heterocycles. The van der Waals surface area contributed by atoms with Gasteiger partial charge in [-0.15, -0.1) is 0 Å². The fourth-order valence-corrected chi connectivity index (χ4v) is 3.33. The van der Waals surface area contributed by atoms with Gasteiger partial charge in [0.15, 0.2) is 6.29 Å². The van der Waals surface area contributed by atoms with Gasteiger partial charge in [0.2, 0.25) is 0 Å². The van der Waals surface area contributed by atoms with E-state index in [0.29, 0.717) is 18.5 Å². The number of ether oxygens (including phenoxy) is 3. The number of carbonyl (C=O) groups is 1. The smallest absolute Gasteiger partial charge is 0.410 e. The fourth-order valence-electron chi connectivity index (χ4n) is 3.17. The molecule has 28 heavy (non-hydrogen) atoms. The summed E-state index contributed by atoms with van der Waals surface area (Å²) in [7, 11) is 0. The molecule has 0 spiro atoms. The first kappa shape index (κ1) is 22.8. The maximum atomic E-state index is 12.6. The van der Waals surface area contributed by atoms with E-state index in [9.17, 15) is 4.79 Å². The van der Waals surface area contributed by atoms with E-state index in [2.05, 4.69) is 39.6 Å². The monoisotopic (exact) mass is 451 g/mol. The van der Waals surface area contributed by atoms with Crippen LogP contribution in [-0.4, -0.2) is 53.5 Å². The number of carbonyl (C=O) groups excluding carboxylic acids is 1. The van der Waals surface area contributed by atoms with Gasteiger partial charge in [-0.3, -0.25) is 0 Å². The van der Waals surface area contributed by atoms with Gasteiger partial charge in [-0.2, -0.15) is 0 Å². The molecule has 0 aromatic carbocycles. The molecule has 0 radical (unpaired) electrons. The zero-order valence-electron chi connectivity index (χ0n) is 17.0. The molecule has 0 bridgehead atoms. The van der Waals surface area contributed by atoms with Crippen molar-refractivity contribution in [2.75, 3.05) is 18.5 Å². The SMILES string of the molecule is CC(C)(C)OC(=O)N1CCC[C@H]1C(C#C/C=C\C#CCBr)OC1CCCCO1. The van der Waals surface area contributed by atoms with E-state index >= 15 is 0 Å². The molecular weight excluding hydrogens is 422 g/mol. The van der Waals surface area contributed by atoms with Crippen LogP contribution in [0.25, 0.3) is 0 Å². The Morgan fingerprint density at radius 2 is 2.04 bits per heavy atom. The third kappa shape index (κ3) is 7.87. The molecule has 1 amide bonds. The largest absolute Gasteiger partial charge is 0.444 e. The lowest BCUT2D eigenvalue weighted by Gasteiger charge is -2.33. The van der Waals surface area contributed by atoms with Gasteiger partial charge in [0.25, 0.3) is 0 Å². The molecule has 5 nitrogen and oxygen atoms in total. The number of hydrogen-bond acceptors (Lipinski definition) is 4. The minimum Gasteiger partial charge on any atom is -0.444 e. The highest BCUT2D eigenvalue weighted by atomic mass is 79.9. The van der Waals surface area contributed by atoms with Crippen molar-refractivity contribution < 1.29 is 19.0 Å². The summed E-state index contributed by atoms with van der Waals surface area (Å²) in [5, 5.41) is 0.627. The minimum absolute atomic E-state index is 0.144. The molecule has 2 heterocycles.